The zero-order valence-corrected chi connectivity index (χ0v) is 15.0. The largest absolute Gasteiger partial charge is 0.494 e. The molecule has 2 aromatic carbocycles. The summed E-state index contributed by atoms with van der Waals surface area (Å²) in [5.74, 6) is 1.81. The molecule has 0 aliphatic rings. The van der Waals surface area contributed by atoms with Crippen LogP contribution in [0.25, 0.3) is 0 Å². The second-order valence-corrected chi connectivity index (χ2v) is 5.46. The SMILES string of the molecule is CCOc1cccc(CNC(=O)C(CC)Oc2ccccc2OC)c1. The van der Waals surface area contributed by atoms with E-state index in [9.17, 15) is 4.79 Å². The van der Waals surface area contributed by atoms with E-state index < -0.39 is 6.10 Å². The van der Waals surface area contributed by atoms with Crippen molar-refractivity contribution in [2.45, 2.75) is 32.9 Å². The van der Waals surface area contributed by atoms with Gasteiger partial charge in [-0.25, -0.2) is 0 Å². The summed E-state index contributed by atoms with van der Waals surface area (Å²) in [6.07, 6.45) is -0.0190. The first kappa shape index (κ1) is 18.6. The summed E-state index contributed by atoms with van der Waals surface area (Å²) in [5, 5.41) is 2.92. The van der Waals surface area contributed by atoms with Crippen molar-refractivity contribution >= 4 is 5.91 Å². The molecule has 5 nitrogen and oxygen atoms in total. The smallest absolute Gasteiger partial charge is 0.261 e. The van der Waals surface area contributed by atoms with Gasteiger partial charge in [0.15, 0.2) is 17.6 Å². The van der Waals surface area contributed by atoms with E-state index in [2.05, 4.69) is 5.32 Å². The van der Waals surface area contributed by atoms with Crippen molar-refractivity contribution in [3.05, 3.63) is 54.1 Å². The Morgan fingerprint density at radius 1 is 1.08 bits per heavy atom. The van der Waals surface area contributed by atoms with Gasteiger partial charge in [-0.3, -0.25) is 4.79 Å². The number of nitrogens with one attached hydrogen (secondary N) is 1. The maximum Gasteiger partial charge on any atom is 0.261 e. The van der Waals surface area contributed by atoms with Crippen LogP contribution in [0.3, 0.4) is 0 Å². The number of ether oxygens (including phenoxy) is 3. The van der Waals surface area contributed by atoms with Crippen LogP contribution in [0.2, 0.25) is 0 Å². The van der Waals surface area contributed by atoms with Crippen molar-refractivity contribution in [2.24, 2.45) is 0 Å². The van der Waals surface area contributed by atoms with Gasteiger partial charge in [0.1, 0.15) is 5.75 Å². The molecule has 2 aromatic rings. The molecule has 1 N–H and O–H groups in total. The van der Waals surface area contributed by atoms with Gasteiger partial charge >= 0.3 is 0 Å². The third-order valence-electron chi connectivity index (χ3n) is 3.68. The summed E-state index contributed by atoms with van der Waals surface area (Å²) in [7, 11) is 1.58. The summed E-state index contributed by atoms with van der Waals surface area (Å²) in [6.45, 7) is 4.89. The molecule has 1 atom stereocenters. The van der Waals surface area contributed by atoms with E-state index >= 15 is 0 Å². The lowest BCUT2D eigenvalue weighted by atomic mass is 10.2. The van der Waals surface area contributed by atoms with E-state index in [1.807, 2.05) is 50.2 Å². The molecular weight excluding hydrogens is 318 g/mol. The summed E-state index contributed by atoms with van der Waals surface area (Å²) in [4.78, 5) is 12.5. The zero-order chi connectivity index (χ0) is 18.1. The first-order valence-electron chi connectivity index (χ1n) is 8.47. The van der Waals surface area contributed by atoms with Crippen LogP contribution in [0.4, 0.5) is 0 Å². The molecule has 0 spiro atoms. The van der Waals surface area contributed by atoms with Crippen LogP contribution < -0.4 is 19.5 Å². The number of benzene rings is 2. The van der Waals surface area contributed by atoms with Gasteiger partial charge in [0.2, 0.25) is 0 Å². The highest BCUT2D eigenvalue weighted by Crippen LogP contribution is 2.27. The Bertz CT molecular complexity index is 687. The van der Waals surface area contributed by atoms with Gasteiger partial charge in [0.25, 0.3) is 5.91 Å². The number of para-hydroxylation sites is 2. The molecule has 0 radical (unpaired) electrons. The molecule has 0 heterocycles. The number of rotatable bonds is 9. The molecule has 0 saturated carbocycles. The van der Waals surface area contributed by atoms with Gasteiger partial charge in [0, 0.05) is 6.54 Å². The van der Waals surface area contributed by atoms with Gasteiger partial charge in [-0.1, -0.05) is 31.2 Å². The summed E-state index contributed by atoms with van der Waals surface area (Å²) in [5.41, 5.74) is 0.978. The minimum Gasteiger partial charge on any atom is -0.494 e. The highest BCUT2D eigenvalue weighted by Gasteiger charge is 2.19. The van der Waals surface area contributed by atoms with Crippen LogP contribution in [0, 0.1) is 0 Å². The summed E-state index contributed by atoms with van der Waals surface area (Å²) in [6, 6.07) is 15.0. The van der Waals surface area contributed by atoms with E-state index in [0.717, 1.165) is 11.3 Å². The topological polar surface area (TPSA) is 56.8 Å². The Morgan fingerprint density at radius 3 is 2.52 bits per heavy atom. The molecule has 0 aliphatic heterocycles. The zero-order valence-electron chi connectivity index (χ0n) is 15.0. The Hall–Kier alpha value is -2.69. The maximum absolute atomic E-state index is 12.5. The van der Waals surface area contributed by atoms with Crippen molar-refractivity contribution in [1.29, 1.82) is 0 Å². The molecule has 134 valence electrons. The fourth-order valence-corrected chi connectivity index (χ4v) is 2.41. The number of methoxy groups -OCH3 is 1. The van der Waals surface area contributed by atoms with Crippen molar-refractivity contribution < 1.29 is 19.0 Å². The third kappa shape index (κ3) is 5.41. The van der Waals surface area contributed by atoms with E-state index in [1.54, 1.807) is 19.2 Å². The van der Waals surface area contributed by atoms with Gasteiger partial charge < -0.3 is 19.5 Å². The lowest BCUT2D eigenvalue weighted by molar-refractivity contribution is -0.128. The molecule has 25 heavy (non-hydrogen) atoms. The van der Waals surface area contributed by atoms with Crippen LogP contribution in [0.1, 0.15) is 25.8 Å². The summed E-state index contributed by atoms with van der Waals surface area (Å²) < 4.78 is 16.6. The quantitative estimate of drug-likeness (QED) is 0.756. The summed E-state index contributed by atoms with van der Waals surface area (Å²) >= 11 is 0. The monoisotopic (exact) mass is 343 g/mol. The molecule has 0 fully saturated rings. The van der Waals surface area contributed by atoms with Crippen molar-refractivity contribution in [3.63, 3.8) is 0 Å². The molecule has 0 aromatic heterocycles. The lowest BCUT2D eigenvalue weighted by Gasteiger charge is -2.19. The fourth-order valence-electron chi connectivity index (χ4n) is 2.41. The molecule has 2 rings (SSSR count). The van der Waals surface area contributed by atoms with Crippen molar-refractivity contribution in [1.82, 2.24) is 5.32 Å². The standard InChI is InChI=1S/C20H25NO4/c1-4-17(25-19-12-7-6-11-18(19)23-3)20(22)21-14-15-9-8-10-16(13-15)24-5-2/h6-13,17H,4-5,14H2,1-3H3,(H,21,22). The van der Waals surface area contributed by atoms with Crippen LogP contribution in [-0.2, 0) is 11.3 Å². The van der Waals surface area contributed by atoms with Crippen LogP contribution in [-0.4, -0.2) is 25.7 Å². The van der Waals surface area contributed by atoms with E-state index in [0.29, 0.717) is 31.1 Å². The van der Waals surface area contributed by atoms with Crippen LogP contribution in [0.5, 0.6) is 17.2 Å². The number of amides is 1. The van der Waals surface area contributed by atoms with Gasteiger partial charge in [-0.15, -0.1) is 0 Å². The maximum atomic E-state index is 12.5. The Kier molecular flexibility index (Phi) is 7.14. The van der Waals surface area contributed by atoms with Gasteiger partial charge in [-0.05, 0) is 43.2 Å². The lowest BCUT2D eigenvalue weighted by Crippen LogP contribution is -2.37. The Morgan fingerprint density at radius 2 is 1.84 bits per heavy atom. The Labute approximate surface area is 148 Å². The molecule has 1 amide bonds. The third-order valence-corrected chi connectivity index (χ3v) is 3.68. The highest BCUT2D eigenvalue weighted by molar-refractivity contribution is 5.81. The number of hydrogen-bond acceptors (Lipinski definition) is 4. The molecular formula is C20H25NO4. The molecule has 5 heteroatoms. The second kappa shape index (κ2) is 9.57. The van der Waals surface area contributed by atoms with E-state index in [1.165, 1.54) is 0 Å². The van der Waals surface area contributed by atoms with Crippen LogP contribution in [0.15, 0.2) is 48.5 Å². The molecule has 0 aliphatic carbocycles. The number of carbonyl (C=O) groups is 1. The first-order valence-corrected chi connectivity index (χ1v) is 8.47. The minimum atomic E-state index is -0.577. The van der Waals surface area contributed by atoms with Crippen LogP contribution >= 0.6 is 0 Å². The number of hydrogen-bond donors (Lipinski definition) is 1. The fraction of sp³-hybridized carbons (Fsp3) is 0.350. The number of carbonyl (C=O) groups excluding carboxylic acids is 1. The molecule has 0 saturated heterocycles. The van der Waals surface area contributed by atoms with Crippen molar-refractivity contribution in [2.75, 3.05) is 13.7 Å². The highest BCUT2D eigenvalue weighted by atomic mass is 16.5. The average Bonchev–Trinajstić information content (AvgIpc) is 2.65. The van der Waals surface area contributed by atoms with Gasteiger partial charge in [-0.2, -0.15) is 0 Å². The van der Waals surface area contributed by atoms with E-state index in [-0.39, 0.29) is 5.91 Å². The average molecular weight is 343 g/mol. The first-order chi connectivity index (χ1) is 12.2. The Balaban J connectivity index is 1.97. The van der Waals surface area contributed by atoms with E-state index in [4.69, 9.17) is 14.2 Å². The minimum absolute atomic E-state index is 0.157. The predicted octanol–water partition coefficient (Wildman–Crippen LogP) is 3.57. The predicted molar refractivity (Wildman–Crippen MR) is 97.2 cm³/mol. The van der Waals surface area contributed by atoms with Crippen molar-refractivity contribution in [3.8, 4) is 17.2 Å². The van der Waals surface area contributed by atoms with Gasteiger partial charge in [0.05, 0.1) is 13.7 Å². The second-order valence-electron chi connectivity index (χ2n) is 5.46. The molecule has 1 unspecified atom stereocenters. The normalized spacial score (nSPS) is 11.5. The molecule has 0 bridgehead atoms.